The van der Waals surface area contributed by atoms with Gasteiger partial charge in [0, 0.05) is 29.7 Å². The van der Waals surface area contributed by atoms with Crippen molar-refractivity contribution in [2.24, 2.45) is 0 Å². The first-order valence-corrected chi connectivity index (χ1v) is 6.67. The number of hydrogen-bond donors (Lipinski definition) is 1. The first kappa shape index (κ1) is 13.7. The number of rotatable bonds is 5. The molecular weight excluding hydrogens is 238 g/mol. The topological polar surface area (TPSA) is 55.6 Å². The monoisotopic (exact) mass is 259 g/mol. The number of aromatic nitrogens is 4. The molecule has 0 spiro atoms. The van der Waals surface area contributed by atoms with Gasteiger partial charge in [0.2, 0.25) is 5.95 Å². The number of aryl methyl sites for hydroxylation is 2. The summed E-state index contributed by atoms with van der Waals surface area (Å²) in [4.78, 5) is 13.3. The average Bonchev–Trinajstić information content (AvgIpc) is 2.72. The van der Waals surface area contributed by atoms with Gasteiger partial charge in [-0.25, -0.2) is 15.0 Å². The van der Waals surface area contributed by atoms with Crippen molar-refractivity contribution < 1.29 is 0 Å². The second-order valence-corrected chi connectivity index (χ2v) is 4.74. The molecule has 5 heteroatoms. The zero-order chi connectivity index (χ0) is 13.8. The lowest BCUT2D eigenvalue weighted by molar-refractivity contribution is 0.667. The fourth-order valence-electron chi connectivity index (χ4n) is 1.87. The molecule has 2 aromatic rings. The molecule has 0 aliphatic carbocycles. The molecule has 5 nitrogen and oxygen atoms in total. The number of imidazole rings is 1. The summed E-state index contributed by atoms with van der Waals surface area (Å²) in [5, 5.41) is 3.37. The van der Waals surface area contributed by atoms with Gasteiger partial charge in [-0.3, -0.25) is 4.57 Å². The Balaban J connectivity index is 2.21. The lowest BCUT2D eigenvalue weighted by atomic mass is 10.2. The third kappa shape index (κ3) is 2.98. The minimum atomic E-state index is 0.690. The van der Waals surface area contributed by atoms with E-state index >= 15 is 0 Å². The van der Waals surface area contributed by atoms with E-state index in [-0.39, 0.29) is 0 Å². The maximum atomic E-state index is 4.57. The van der Waals surface area contributed by atoms with Gasteiger partial charge in [-0.15, -0.1) is 0 Å². The molecule has 0 unspecified atom stereocenters. The van der Waals surface area contributed by atoms with Gasteiger partial charge in [0.1, 0.15) is 6.33 Å². The Morgan fingerprint density at radius 3 is 2.53 bits per heavy atom. The molecule has 0 radical (unpaired) electrons. The molecule has 2 aromatic heterocycles. The lowest BCUT2D eigenvalue weighted by Gasteiger charge is -2.09. The Morgan fingerprint density at radius 2 is 1.95 bits per heavy atom. The normalized spacial score (nSPS) is 10.9. The van der Waals surface area contributed by atoms with Crippen molar-refractivity contribution in [3.63, 3.8) is 0 Å². The van der Waals surface area contributed by atoms with Crippen molar-refractivity contribution in [3.05, 3.63) is 35.2 Å². The van der Waals surface area contributed by atoms with Crippen molar-refractivity contribution >= 4 is 0 Å². The molecule has 0 bridgehead atoms. The Labute approximate surface area is 114 Å². The molecule has 0 atom stereocenters. The van der Waals surface area contributed by atoms with Crippen LogP contribution in [0.15, 0.2) is 12.5 Å². The van der Waals surface area contributed by atoms with E-state index in [4.69, 9.17) is 0 Å². The second kappa shape index (κ2) is 5.93. The van der Waals surface area contributed by atoms with Crippen LogP contribution in [0, 0.1) is 20.8 Å². The molecule has 0 amide bonds. The van der Waals surface area contributed by atoms with Crippen molar-refractivity contribution in [1.29, 1.82) is 0 Å². The van der Waals surface area contributed by atoms with Crippen LogP contribution in [0.5, 0.6) is 0 Å². The van der Waals surface area contributed by atoms with Crippen LogP contribution in [0.1, 0.15) is 36.0 Å². The molecule has 19 heavy (non-hydrogen) atoms. The van der Waals surface area contributed by atoms with Crippen LogP contribution in [-0.4, -0.2) is 26.1 Å². The van der Waals surface area contributed by atoms with Gasteiger partial charge in [-0.2, -0.15) is 0 Å². The molecule has 0 fully saturated rings. The lowest BCUT2D eigenvalue weighted by Crippen LogP contribution is -2.16. The SMILES string of the molecule is CCCNCc1cnc(-n2cnc(C)c2C)nc1C. The first-order valence-electron chi connectivity index (χ1n) is 6.67. The van der Waals surface area contributed by atoms with Crippen LogP contribution in [0.3, 0.4) is 0 Å². The third-order valence-corrected chi connectivity index (χ3v) is 3.28. The summed E-state index contributed by atoms with van der Waals surface area (Å²) >= 11 is 0. The van der Waals surface area contributed by atoms with Crippen molar-refractivity contribution in [3.8, 4) is 5.95 Å². The van der Waals surface area contributed by atoms with E-state index in [2.05, 4.69) is 27.2 Å². The summed E-state index contributed by atoms with van der Waals surface area (Å²) in [6.07, 6.45) is 4.80. The highest BCUT2D eigenvalue weighted by atomic mass is 15.2. The third-order valence-electron chi connectivity index (χ3n) is 3.28. The second-order valence-electron chi connectivity index (χ2n) is 4.74. The van der Waals surface area contributed by atoms with Gasteiger partial charge < -0.3 is 5.32 Å². The zero-order valence-corrected chi connectivity index (χ0v) is 12.1. The highest BCUT2D eigenvalue weighted by Gasteiger charge is 2.08. The summed E-state index contributed by atoms with van der Waals surface area (Å²) in [5.41, 5.74) is 4.25. The Hall–Kier alpha value is -1.75. The van der Waals surface area contributed by atoms with Gasteiger partial charge in [-0.05, 0) is 33.7 Å². The predicted octanol–water partition coefficient (Wildman–Crippen LogP) is 2.09. The highest BCUT2D eigenvalue weighted by Crippen LogP contribution is 2.11. The minimum Gasteiger partial charge on any atom is -0.313 e. The van der Waals surface area contributed by atoms with E-state index in [0.717, 1.165) is 42.2 Å². The highest BCUT2D eigenvalue weighted by molar-refractivity contribution is 5.25. The summed E-state index contributed by atoms with van der Waals surface area (Å²) < 4.78 is 1.92. The minimum absolute atomic E-state index is 0.690. The molecule has 0 aliphatic rings. The van der Waals surface area contributed by atoms with Gasteiger partial charge in [-0.1, -0.05) is 6.92 Å². The Morgan fingerprint density at radius 1 is 1.16 bits per heavy atom. The zero-order valence-electron chi connectivity index (χ0n) is 12.1. The van der Waals surface area contributed by atoms with Gasteiger partial charge in [0.25, 0.3) is 0 Å². The van der Waals surface area contributed by atoms with E-state index in [1.54, 1.807) is 6.33 Å². The molecule has 1 N–H and O–H groups in total. The molecule has 0 aromatic carbocycles. The fraction of sp³-hybridized carbons (Fsp3) is 0.500. The largest absolute Gasteiger partial charge is 0.313 e. The molecule has 0 saturated carbocycles. The van der Waals surface area contributed by atoms with E-state index < -0.39 is 0 Å². The fourth-order valence-corrected chi connectivity index (χ4v) is 1.87. The molecule has 2 heterocycles. The molecule has 102 valence electrons. The first-order chi connectivity index (χ1) is 9.13. The van der Waals surface area contributed by atoms with Crippen LogP contribution in [-0.2, 0) is 6.54 Å². The predicted molar refractivity (Wildman–Crippen MR) is 75.4 cm³/mol. The van der Waals surface area contributed by atoms with Crippen LogP contribution < -0.4 is 5.32 Å². The van der Waals surface area contributed by atoms with E-state index in [9.17, 15) is 0 Å². The van der Waals surface area contributed by atoms with Gasteiger partial charge >= 0.3 is 0 Å². The van der Waals surface area contributed by atoms with E-state index in [1.165, 1.54) is 0 Å². The maximum absolute atomic E-state index is 4.57. The van der Waals surface area contributed by atoms with Crippen LogP contribution >= 0.6 is 0 Å². The molecule has 0 aliphatic heterocycles. The quantitative estimate of drug-likeness (QED) is 0.835. The summed E-state index contributed by atoms with van der Waals surface area (Å²) in [5.74, 6) is 0.690. The summed E-state index contributed by atoms with van der Waals surface area (Å²) in [6, 6.07) is 0. The van der Waals surface area contributed by atoms with Crippen LogP contribution in [0.2, 0.25) is 0 Å². The Bertz CT molecular complexity index is 559. The molecular formula is C14H21N5. The van der Waals surface area contributed by atoms with E-state index in [0.29, 0.717) is 5.95 Å². The Kier molecular flexibility index (Phi) is 4.27. The van der Waals surface area contributed by atoms with Gasteiger partial charge in [0.05, 0.1) is 5.69 Å². The van der Waals surface area contributed by atoms with Gasteiger partial charge in [0.15, 0.2) is 0 Å². The standard InChI is InChI=1S/C14H21N5/c1-5-6-15-7-13-8-16-14(18-11(13)3)19-9-17-10(2)12(19)4/h8-9,15H,5-7H2,1-4H3. The summed E-state index contributed by atoms with van der Waals surface area (Å²) in [7, 11) is 0. The molecule has 2 rings (SSSR count). The number of hydrogen-bond acceptors (Lipinski definition) is 4. The van der Waals surface area contributed by atoms with Crippen molar-refractivity contribution in [2.75, 3.05) is 6.54 Å². The van der Waals surface area contributed by atoms with Crippen LogP contribution in [0.25, 0.3) is 5.95 Å². The van der Waals surface area contributed by atoms with Crippen LogP contribution in [0.4, 0.5) is 0 Å². The molecule has 0 saturated heterocycles. The maximum Gasteiger partial charge on any atom is 0.235 e. The average molecular weight is 259 g/mol. The number of nitrogens with zero attached hydrogens (tertiary/aromatic N) is 4. The summed E-state index contributed by atoms with van der Waals surface area (Å²) in [6.45, 7) is 10.0. The van der Waals surface area contributed by atoms with Crippen molar-refractivity contribution in [2.45, 2.75) is 40.7 Å². The smallest absolute Gasteiger partial charge is 0.235 e. The number of nitrogens with one attached hydrogen (secondary N) is 1. The van der Waals surface area contributed by atoms with Crippen molar-refractivity contribution in [1.82, 2.24) is 24.8 Å². The van der Waals surface area contributed by atoms with E-state index in [1.807, 2.05) is 31.5 Å².